The van der Waals surface area contributed by atoms with Crippen molar-refractivity contribution >= 4 is 5.91 Å². The van der Waals surface area contributed by atoms with Crippen LogP contribution in [0.15, 0.2) is 48.2 Å². The highest BCUT2D eigenvalue weighted by Crippen LogP contribution is 2.12. The molecule has 0 saturated carbocycles. The fraction of sp³-hybridized carbons (Fsp3) is 0.167. The first kappa shape index (κ1) is 12.0. The number of hydrogen-bond acceptors (Lipinski definition) is 4. The van der Waals surface area contributed by atoms with Gasteiger partial charge in [-0.25, -0.2) is 4.98 Å². The van der Waals surface area contributed by atoms with Gasteiger partial charge in [0.2, 0.25) is 0 Å². The zero-order valence-electron chi connectivity index (χ0n) is 9.52. The minimum atomic E-state index is -0.778. The van der Waals surface area contributed by atoms with E-state index in [1.165, 1.54) is 12.1 Å². The van der Waals surface area contributed by atoms with Crippen LogP contribution in [0.4, 0.5) is 0 Å². The van der Waals surface area contributed by atoms with Crippen LogP contribution >= 0.6 is 0 Å². The lowest BCUT2D eigenvalue weighted by atomic mass is 10.2. The van der Waals surface area contributed by atoms with Gasteiger partial charge < -0.3 is 9.30 Å². The standard InChI is InChI=1S/C12H11N3O3/c16-12(14-17)10-1-3-11(4-2-10)18-8-7-15-6-5-13-9-15/h1-6,9H,7-8H2. The number of aromatic nitrogens is 2. The second kappa shape index (κ2) is 5.72. The zero-order chi connectivity index (χ0) is 12.8. The first-order chi connectivity index (χ1) is 8.79. The summed E-state index contributed by atoms with van der Waals surface area (Å²) in [5.74, 6) is -0.141. The number of imidazole rings is 1. The molecular formula is C12H11N3O3. The van der Waals surface area contributed by atoms with Crippen LogP contribution in [-0.4, -0.2) is 22.1 Å². The van der Waals surface area contributed by atoms with Crippen LogP contribution in [0.1, 0.15) is 10.4 Å². The van der Waals surface area contributed by atoms with E-state index in [1.807, 2.05) is 10.8 Å². The molecule has 0 fully saturated rings. The Bertz CT molecular complexity index is 520. The number of rotatable bonds is 5. The lowest BCUT2D eigenvalue weighted by molar-refractivity contribution is 0.100. The van der Waals surface area contributed by atoms with Crippen molar-refractivity contribution in [1.29, 1.82) is 0 Å². The summed E-state index contributed by atoms with van der Waals surface area (Å²) in [6, 6.07) is 6.28. The number of carbonyl (C=O) groups is 1. The van der Waals surface area contributed by atoms with Crippen LogP contribution < -0.4 is 4.74 Å². The second-order valence-electron chi connectivity index (χ2n) is 3.57. The minimum absolute atomic E-state index is 0.256. The molecular weight excluding hydrogens is 234 g/mol. The third-order valence-corrected chi connectivity index (χ3v) is 2.36. The fourth-order valence-electron chi connectivity index (χ4n) is 1.43. The summed E-state index contributed by atoms with van der Waals surface area (Å²) < 4.78 is 7.38. The van der Waals surface area contributed by atoms with E-state index in [0.29, 0.717) is 18.9 Å². The van der Waals surface area contributed by atoms with Crippen LogP contribution in [0.5, 0.6) is 5.75 Å². The van der Waals surface area contributed by atoms with Crippen molar-refractivity contribution in [1.82, 2.24) is 9.55 Å². The van der Waals surface area contributed by atoms with Gasteiger partial charge in [0.15, 0.2) is 0 Å². The molecule has 0 unspecified atom stereocenters. The molecule has 1 heterocycles. The predicted molar refractivity (Wildman–Crippen MR) is 64.3 cm³/mol. The van der Waals surface area contributed by atoms with Crippen molar-refractivity contribution in [3.8, 4) is 5.75 Å². The van der Waals surface area contributed by atoms with Crippen molar-refractivity contribution in [2.24, 2.45) is 5.18 Å². The van der Waals surface area contributed by atoms with Crippen molar-refractivity contribution in [2.45, 2.75) is 6.54 Å². The van der Waals surface area contributed by atoms with Crippen LogP contribution in [0.25, 0.3) is 0 Å². The zero-order valence-corrected chi connectivity index (χ0v) is 9.52. The number of carbonyl (C=O) groups excluding carboxylic acids is 1. The molecule has 6 heteroatoms. The second-order valence-corrected chi connectivity index (χ2v) is 3.57. The maximum Gasteiger partial charge on any atom is 0.316 e. The minimum Gasteiger partial charge on any atom is -0.492 e. The maximum atomic E-state index is 11.0. The summed E-state index contributed by atoms with van der Waals surface area (Å²) in [4.78, 5) is 24.9. The Morgan fingerprint density at radius 2 is 2.11 bits per heavy atom. The predicted octanol–water partition coefficient (Wildman–Crippen LogP) is 1.87. The van der Waals surface area contributed by atoms with E-state index in [-0.39, 0.29) is 5.56 Å². The Hall–Kier alpha value is -2.50. The molecule has 1 amide bonds. The summed E-state index contributed by atoms with van der Waals surface area (Å²) in [7, 11) is 0. The van der Waals surface area contributed by atoms with Crippen molar-refractivity contribution in [3.05, 3.63) is 53.5 Å². The number of nitroso groups, excluding NO2 is 1. The monoisotopic (exact) mass is 245 g/mol. The number of amides is 1. The van der Waals surface area contributed by atoms with Gasteiger partial charge in [0.05, 0.1) is 12.9 Å². The number of nitrogens with zero attached hydrogens (tertiary/aromatic N) is 3. The summed E-state index contributed by atoms with van der Waals surface area (Å²) in [6.45, 7) is 1.19. The van der Waals surface area contributed by atoms with Crippen molar-refractivity contribution in [2.75, 3.05) is 6.61 Å². The normalized spacial score (nSPS) is 10.0. The number of hydrogen-bond donors (Lipinski definition) is 0. The Labute approximate surface area is 103 Å². The Morgan fingerprint density at radius 3 is 2.72 bits per heavy atom. The van der Waals surface area contributed by atoms with Gasteiger partial charge in [-0.1, -0.05) is 0 Å². The molecule has 18 heavy (non-hydrogen) atoms. The van der Waals surface area contributed by atoms with Gasteiger partial charge in [-0.3, -0.25) is 4.79 Å². The highest BCUT2D eigenvalue weighted by molar-refractivity contribution is 5.94. The topological polar surface area (TPSA) is 73.6 Å². The van der Waals surface area contributed by atoms with Gasteiger partial charge in [-0.15, -0.1) is 4.91 Å². The average molecular weight is 245 g/mol. The first-order valence-electron chi connectivity index (χ1n) is 5.36. The Morgan fingerprint density at radius 1 is 1.33 bits per heavy atom. The molecule has 6 nitrogen and oxygen atoms in total. The van der Waals surface area contributed by atoms with E-state index < -0.39 is 5.91 Å². The van der Waals surface area contributed by atoms with Gasteiger partial charge >= 0.3 is 5.91 Å². The summed E-state index contributed by atoms with van der Waals surface area (Å²) in [5, 5.41) is 2.34. The van der Waals surface area contributed by atoms with Crippen LogP contribution in [-0.2, 0) is 6.54 Å². The van der Waals surface area contributed by atoms with Crippen LogP contribution in [0.3, 0.4) is 0 Å². The SMILES string of the molecule is O=NC(=O)c1ccc(OCCn2ccnc2)cc1. The van der Waals surface area contributed by atoms with Crippen molar-refractivity contribution in [3.63, 3.8) is 0 Å². The van der Waals surface area contributed by atoms with Gasteiger partial charge in [0.25, 0.3) is 0 Å². The quantitative estimate of drug-likeness (QED) is 0.754. The summed E-state index contributed by atoms with van der Waals surface area (Å²) in [6.07, 6.45) is 5.26. The van der Waals surface area contributed by atoms with E-state index in [1.54, 1.807) is 24.7 Å². The molecule has 0 saturated heterocycles. The van der Waals surface area contributed by atoms with Crippen LogP contribution in [0, 0.1) is 4.91 Å². The summed E-state index contributed by atoms with van der Waals surface area (Å²) in [5.41, 5.74) is 0.256. The van der Waals surface area contributed by atoms with E-state index in [4.69, 9.17) is 4.74 Å². The first-order valence-corrected chi connectivity index (χ1v) is 5.36. The van der Waals surface area contributed by atoms with E-state index >= 15 is 0 Å². The molecule has 0 aliphatic rings. The molecule has 92 valence electrons. The molecule has 0 radical (unpaired) electrons. The van der Waals surface area contributed by atoms with Crippen LogP contribution in [0.2, 0.25) is 0 Å². The third kappa shape index (κ3) is 3.00. The van der Waals surface area contributed by atoms with E-state index in [2.05, 4.69) is 10.2 Å². The summed E-state index contributed by atoms with van der Waals surface area (Å²) >= 11 is 0. The molecule has 1 aromatic carbocycles. The molecule has 0 atom stereocenters. The Balaban J connectivity index is 1.86. The molecule has 1 aromatic heterocycles. The van der Waals surface area contributed by atoms with Crippen molar-refractivity contribution < 1.29 is 9.53 Å². The van der Waals surface area contributed by atoms with Gasteiger partial charge in [0.1, 0.15) is 12.4 Å². The smallest absolute Gasteiger partial charge is 0.316 e. The van der Waals surface area contributed by atoms with Gasteiger partial charge in [0, 0.05) is 23.1 Å². The highest BCUT2D eigenvalue weighted by Gasteiger charge is 2.04. The Kier molecular flexibility index (Phi) is 3.80. The molecule has 0 aliphatic carbocycles. The molecule has 0 bridgehead atoms. The fourth-order valence-corrected chi connectivity index (χ4v) is 1.43. The molecule has 0 spiro atoms. The average Bonchev–Trinajstić information content (AvgIpc) is 2.92. The molecule has 2 aromatic rings. The lowest BCUT2D eigenvalue weighted by Crippen LogP contribution is -2.06. The van der Waals surface area contributed by atoms with E-state index in [0.717, 1.165) is 0 Å². The number of benzene rings is 1. The molecule has 0 N–H and O–H groups in total. The lowest BCUT2D eigenvalue weighted by Gasteiger charge is -2.06. The van der Waals surface area contributed by atoms with E-state index in [9.17, 15) is 9.70 Å². The molecule has 0 aliphatic heterocycles. The largest absolute Gasteiger partial charge is 0.492 e. The number of ether oxygens (including phenoxy) is 1. The maximum absolute atomic E-state index is 11.0. The third-order valence-electron chi connectivity index (χ3n) is 2.36. The highest BCUT2D eigenvalue weighted by atomic mass is 16.5. The van der Waals surface area contributed by atoms with Gasteiger partial charge in [-0.05, 0) is 24.3 Å². The van der Waals surface area contributed by atoms with Gasteiger partial charge in [-0.2, -0.15) is 0 Å². The molecule has 2 rings (SSSR count).